The number of carbonyl (C=O) groups excluding carboxylic acids is 1. The van der Waals surface area contributed by atoms with Gasteiger partial charge < -0.3 is 10.1 Å². The number of methoxy groups -OCH3 is 1. The summed E-state index contributed by atoms with van der Waals surface area (Å²) in [5.74, 6) is 1.81. The minimum Gasteiger partial charge on any atom is -0.497 e. The van der Waals surface area contributed by atoms with Crippen LogP contribution in [0, 0.1) is 6.92 Å². The molecule has 152 valence electrons. The fraction of sp³-hybridized carbons (Fsp3) is 0.350. The third kappa shape index (κ3) is 6.76. The summed E-state index contributed by atoms with van der Waals surface area (Å²) >= 11 is 1.73. The second kappa shape index (κ2) is 10.4. The molecule has 0 aromatic heterocycles. The van der Waals surface area contributed by atoms with Crippen molar-refractivity contribution in [2.75, 3.05) is 36.5 Å². The molecule has 2 rings (SSSR count). The Labute approximate surface area is 171 Å². The maximum absolute atomic E-state index is 12.3. The van der Waals surface area contributed by atoms with Gasteiger partial charge in [-0.2, -0.15) is 11.8 Å². The number of amides is 1. The molecule has 0 aliphatic heterocycles. The second-order valence-corrected chi connectivity index (χ2v) is 9.31. The molecule has 0 aliphatic carbocycles. The Bertz CT molecular complexity index is 901. The normalized spacial score (nSPS) is 11.1. The van der Waals surface area contributed by atoms with Crippen LogP contribution in [-0.2, 0) is 20.6 Å². The molecule has 0 spiro atoms. The van der Waals surface area contributed by atoms with Gasteiger partial charge in [0.1, 0.15) is 12.3 Å². The molecule has 2 aromatic carbocycles. The number of aryl methyl sites for hydroxylation is 1. The fourth-order valence-electron chi connectivity index (χ4n) is 2.57. The van der Waals surface area contributed by atoms with Crippen LogP contribution in [0.2, 0.25) is 0 Å². The standard InChI is InChI=1S/C20H26N2O4S2/c1-16-7-4-5-8-17(16)15-27-12-11-21-20(23)14-22(28(3,24)25)18-9-6-10-19(13-18)26-2/h4-10,13H,11-12,14-15H2,1-3H3,(H,21,23). The zero-order chi connectivity index (χ0) is 20.6. The number of carbonyl (C=O) groups is 1. The van der Waals surface area contributed by atoms with Gasteiger partial charge in [-0.05, 0) is 30.2 Å². The summed E-state index contributed by atoms with van der Waals surface area (Å²) in [6.45, 7) is 2.29. The van der Waals surface area contributed by atoms with Gasteiger partial charge in [0.15, 0.2) is 0 Å². The lowest BCUT2D eigenvalue weighted by atomic mass is 10.1. The molecule has 1 N–H and O–H groups in total. The van der Waals surface area contributed by atoms with E-state index in [2.05, 4.69) is 24.4 Å². The molecule has 0 atom stereocenters. The Hall–Kier alpha value is -2.19. The first-order valence-electron chi connectivity index (χ1n) is 8.82. The summed E-state index contributed by atoms with van der Waals surface area (Å²) in [5, 5.41) is 2.79. The molecule has 0 aliphatic rings. The van der Waals surface area contributed by atoms with Crippen LogP contribution in [0.3, 0.4) is 0 Å². The van der Waals surface area contributed by atoms with Gasteiger partial charge in [0.05, 0.1) is 19.1 Å². The third-order valence-corrected chi connectivity index (χ3v) is 6.26. The van der Waals surface area contributed by atoms with Gasteiger partial charge in [0.25, 0.3) is 0 Å². The largest absolute Gasteiger partial charge is 0.497 e. The third-order valence-electron chi connectivity index (χ3n) is 4.12. The van der Waals surface area contributed by atoms with Gasteiger partial charge >= 0.3 is 0 Å². The van der Waals surface area contributed by atoms with Crippen LogP contribution in [-0.4, -0.2) is 46.5 Å². The molecule has 0 radical (unpaired) electrons. The van der Waals surface area contributed by atoms with Crippen molar-refractivity contribution < 1.29 is 17.9 Å². The minimum absolute atomic E-state index is 0.269. The van der Waals surface area contributed by atoms with E-state index in [1.807, 2.05) is 12.1 Å². The molecule has 2 aromatic rings. The Morgan fingerprint density at radius 2 is 1.93 bits per heavy atom. The average molecular weight is 423 g/mol. The van der Waals surface area contributed by atoms with Crippen molar-refractivity contribution in [1.82, 2.24) is 5.32 Å². The summed E-state index contributed by atoms with van der Waals surface area (Å²) in [5.41, 5.74) is 2.92. The minimum atomic E-state index is -3.60. The average Bonchev–Trinajstić information content (AvgIpc) is 2.66. The lowest BCUT2D eigenvalue weighted by Gasteiger charge is -2.22. The fourth-order valence-corrected chi connectivity index (χ4v) is 4.35. The number of nitrogens with zero attached hydrogens (tertiary/aromatic N) is 1. The molecular weight excluding hydrogens is 396 g/mol. The highest BCUT2D eigenvalue weighted by Crippen LogP contribution is 2.22. The first kappa shape index (κ1) is 22.1. The van der Waals surface area contributed by atoms with E-state index in [1.165, 1.54) is 18.2 Å². The van der Waals surface area contributed by atoms with Gasteiger partial charge in [0, 0.05) is 24.1 Å². The number of thioether (sulfide) groups is 1. The quantitative estimate of drug-likeness (QED) is 0.596. The first-order valence-corrected chi connectivity index (χ1v) is 11.8. The molecule has 28 heavy (non-hydrogen) atoms. The predicted molar refractivity (Wildman–Crippen MR) is 116 cm³/mol. The second-order valence-electron chi connectivity index (χ2n) is 6.30. The number of ether oxygens (including phenoxy) is 1. The number of anilines is 1. The lowest BCUT2D eigenvalue weighted by molar-refractivity contribution is -0.119. The summed E-state index contributed by atoms with van der Waals surface area (Å²) in [4.78, 5) is 12.3. The van der Waals surface area contributed by atoms with Gasteiger partial charge in [-0.1, -0.05) is 30.3 Å². The predicted octanol–water partition coefficient (Wildman–Crippen LogP) is 2.82. The van der Waals surface area contributed by atoms with E-state index in [9.17, 15) is 13.2 Å². The number of benzene rings is 2. The summed E-state index contributed by atoms with van der Waals surface area (Å²) < 4.78 is 30.5. The number of nitrogens with one attached hydrogen (secondary N) is 1. The Morgan fingerprint density at radius 3 is 2.61 bits per heavy atom. The van der Waals surface area contributed by atoms with E-state index in [0.29, 0.717) is 18.0 Å². The van der Waals surface area contributed by atoms with Crippen molar-refractivity contribution in [3.8, 4) is 5.75 Å². The van der Waals surface area contributed by atoms with Crippen LogP contribution in [0.1, 0.15) is 11.1 Å². The van der Waals surface area contributed by atoms with Crippen molar-refractivity contribution in [2.45, 2.75) is 12.7 Å². The van der Waals surface area contributed by atoms with Crippen LogP contribution < -0.4 is 14.4 Å². The maximum Gasteiger partial charge on any atom is 0.240 e. The highest BCUT2D eigenvalue weighted by molar-refractivity contribution is 7.98. The zero-order valence-electron chi connectivity index (χ0n) is 16.3. The maximum atomic E-state index is 12.3. The smallest absolute Gasteiger partial charge is 0.240 e. The summed E-state index contributed by atoms with van der Waals surface area (Å²) in [6.07, 6.45) is 1.08. The Balaban J connectivity index is 1.86. The van der Waals surface area contributed by atoms with Crippen molar-refractivity contribution in [2.24, 2.45) is 0 Å². The van der Waals surface area contributed by atoms with Crippen molar-refractivity contribution >= 4 is 33.4 Å². The molecule has 0 saturated carbocycles. The Morgan fingerprint density at radius 1 is 1.18 bits per heavy atom. The van der Waals surface area contributed by atoms with Crippen LogP contribution >= 0.6 is 11.8 Å². The van der Waals surface area contributed by atoms with Gasteiger partial charge in [-0.15, -0.1) is 0 Å². The van der Waals surface area contributed by atoms with Crippen LogP contribution in [0.4, 0.5) is 5.69 Å². The summed E-state index contributed by atoms with van der Waals surface area (Å²) in [6, 6.07) is 14.8. The molecule has 0 unspecified atom stereocenters. The molecular formula is C20H26N2O4S2. The van der Waals surface area contributed by atoms with E-state index < -0.39 is 10.0 Å². The molecule has 0 heterocycles. The summed E-state index contributed by atoms with van der Waals surface area (Å²) in [7, 11) is -2.10. The topological polar surface area (TPSA) is 75.7 Å². The molecule has 8 heteroatoms. The van der Waals surface area contributed by atoms with Crippen molar-refractivity contribution in [1.29, 1.82) is 0 Å². The van der Waals surface area contributed by atoms with E-state index in [-0.39, 0.29) is 12.5 Å². The lowest BCUT2D eigenvalue weighted by Crippen LogP contribution is -2.41. The van der Waals surface area contributed by atoms with Crippen LogP contribution in [0.15, 0.2) is 48.5 Å². The van der Waals surface area contributed by atoms with Gasteiger partial charge in [-0.3, -0.25) is 9.10 Å². The van der Waals surface area contributed by atoms with E-state index >= 15 is 0 Å². The highest BCUT2D eigenvalue weighted by Gasteiger charge is 2.21. The van der Waals surface area contributed by atoms with Crippen molar-refractivity contribution in [3.05, 3.63) is 59.7 Å². The van der Waals surface area contributed by atoms with E-state index in [4.69, 9.17) is 4.74 Å². The molecule has 6 nitrogen and oxygen atoms in total. The van der Waals surface area contributed by atoms with Crippen LogP contribution in [0.5, 0.6) is 5.75 Å². The monoisotopic (exact) mass is 422 g/mol. The highest BCUT2D eigenvalue weighted by atomic mass is 32.2. The van der Waals surface area contributed by atoms with Crippen molar-refractivity contribution in [3.63, 3.8) is 0 Å². The number of hydrogen-bond donors (Lipinski definition) is 1. The van der Waals surface area contributed by atoms with Gasteiger partial charge in [-0.25, -0.2) is 8.42 Å². The molecule has 0 fully saturated rings. The number of hydrogen-bond acceptors (Lipinski definition) is 5. The van der Waals surface area contributed by atoms with E-state index in [1.54, 1.807) is 36.0 Å². The van der Waals surface area contributed by atoms with Crippen LogP contribution in [0.25, 0.3) is 0 Å². The molecule has 0 bridgehead atoms. The van der Waals surface area contributed by atoms with Gasteiger partial charge in [0.2, 0.25) is 15.9 Å². The zero-order valence-corrected chi connectivity index (χ0v) is 18.0. The SMILES string of the molecule is COc1cccc(N(CC(=O)NCCSCc2ccccc2C)S(C)(=O)=O)c1. The number of rotatable bonds is 10. The first-order chi connectivity index (χ1) is 13.3. The molecule has 0 saturated heterocycles. The van der Waals surface area contributed by atoms with E-state index in [0.717, 1.165) is 22.1 Å². The Kier molecular flexibility index (Phi) is 8.19. The molecule has 1 amide bonds. The number of sulfonamides is 1.